The van der Waals surface area contributed by atoms with Crippen molar-refractivity contribution >= 4 is 29.0 Å². The smallest absolute Gasteiger partial charge is 0.256 e. The fraction of sp³-hybridized carbons (Fsp3) is 0.250. The number of anilines is 1. The predicted molar refractivity (Wildman–Crippen MR) is 102 cm³/mol. The highest BCUT2D eigenvalue weighted by atomic mass is 35.5. The first-order valence-electron chi connectivity index (χ1n) is 8.32. The Labute approximate surface area is 157 Å². The van der Waals surface area contributed by atoms with E-state index in [9.17, 15) is 4.79 Å². The maximum absolute atomic E-state index is 12.5. The summed E-state index contributed by atoms with van der Waals surface area (Å²) < 4.78 is 1.76. The van der Waals surface area contributed by atoms with E-state index in [0.717, 1.165) is 12.0 Å². The molecule has 2 aromatic heterocycles. The van der Waals surface area contributed by atoms with Crippen LogP contribution in [-0.2, 0) is 5.41 Å². The number of nitrogens with one attached hydrogen (secondary N) is 1. The van der Waals surface area contributed by atoms with Crippen molar-refractivity contribution in [3.8, 4) is 6.07 Å². The molecule has 0 saturated carbocycles. The number of hydrogen-bond donors (Lipinski definition) is 1. The Balaban J connectivity index is 1.74. The monoisotopic (exact) mass is 366 g/mol. The summed E-state index contributed by atoms with van der Waals surface area (Å²) >= 11 is 5.96. The summed E-state index contributed by atoms with van der Waals surface area (Å²) in [5.41, 5.74) is 2.26. The van der Waals surface area contributed by atoms with Crippen LogP contribution in [0.25, 0.3) is 5.65 Å². The van der Waals surface area contributed by atoms with Crippen molar-refractivity contribution < 1.29 is 4.79 Å². The lowest BCUT2D eigenvalue weighted by molar-refractivity contribution is 0.102. The lowest BCUT2D eigenvalue weighted by Crippen LogP contribution is -2.17. The van der Waals surface area contributed by atoms with Crippen molar-refractivity contribution in [1.82, 2.24) is 9.38 Å². The molecule has 1 aromatic carbocycles. The van der Waals surface area contributed by atoms with E-state index >= 15 is 0 Å². The minimum atomic E-state index is -0.221. The van der Waals surface area contributed by atoms with E-state index in [0.29, 0.717) is 28.5 Å². The molecule has 0 aliphatic rings. The first-order valence-corrected chi connectivity index (χ1v) is 8.70. The quantitative estimate of drug-likeness (QED) is 0.703. The Morgan fingerprint density at radius 1 is 1.23 bits per heavy atom. The molecule has 0 bridgehead atoms. The molecule has 0 saturated heterocycles. The second kappa shape index (κ2) is 7.19. The molecular weight excluding hydrogens is 348 g/mol. The zero-order valence-electron chi connectivity index (χ0n) is 14.7. The zero-order valence-corrected chi connectivity index (χ0v) is 15.4. The Bertz CT molecular complexity index is 983. The average molecular weight is 367 g/mol. The molecule has 26 heavy (non-hydrogen) atoms. The van der Waals surface area contributed by atoms with Crippen LogP contribution < -0.4 is 5.32 Å². The Morgan fingerprint density at radius 2 is 1.96 bits per heavy atom. The van der Waals surface area contributed by atoms with Crippen molar-refractivity contribution in [2.75, 3.05) is 5.32 Å². The van der Waals surface area contributed by atoms with Crippen molar-refractivity contribution in [3.05, 3.63) is 64.9 Å². The normalized spacial score (nSPS) is 11.3. The summed E-state index contributed by atoms with van der Waals surface area (Å²) in [5.74, 6) is 0.247. The van der Waals surface area contributed by atoms with Crippen molar-refractivity contribution in [2.45, 2.75) is 32.1 Å². The SMILES string of the molecule is CC(C)(CCC#N)c1ccc(C(=O)Nc2cn3cc(Cl)ccc3n2)cc1. The summed E-state index contributed by atoms with van der Waals surface area (Å²) in [4.78, 5) is 16.8. The summed E-state index contributed by atoms with van der Waals surface area (Å²) in [7, 11) is 0. The van der Waals surface area contributed by atoms with Crippen molar-refractivity contribution in [1.29, 1.82) is 5.26 Å². The van der Waals surface area contributed by atoms with Gasteiger partial charge in [-0.15, -0.1) is 0 Å². The van der Waals surface area contributed by atoms with E-state index in [1.54, 1.807) is 41.1 Å². The molecule has 0 aliphatic carbocycles. The van der Waals surface area contributed by atoms with Gasteiger partial charge in [0.25, 0.3) is 5.91 Å². The van der Waals surface area contributed by atoms with E-state index in [2.05, 4.69) is 30.2 Å². The second-order valence-corrected chi connectivity index (χ2v) is 7.25. The first-order chi connectivity index (χ1) is 12.4. The van der Waals surface area contributed by atoms with E-state index in [1.165, 1.54) is 0 Å². The second-order valence-electron chi connectivity index (χ2n) is 6.81. The van der Waals surface area contributed by atoms with Crippen molar-refractivity contribution in [2.24, 2.45) is 0 Å². The highest BCUT2D eigenvalue weighted by molar-refractivity contribution is 6.30. The van der Waals surface area contributed by atoms with E-state index in [4.69, 9.17) is 16.9 Å². The Hall–Kier alpha value is -2.84. The molecule has 0 aliphatic heterocycles. The third-order valence-corrected chi connectivity index (χ3v) is 4.67. The van der Waals surface area contributed by atoms with Gasteiger partial charge in [0.1, 0.15) is 5.65 Å². The number of aromatic nitrogens is 2. The van der Waals surface area contributed by atoms with Gasteiger partial charge in [0.15, 0.2) is 5.82 Å². The number of pyridine rings is 1. The van der Waals surface area contributed by atoms with E-state index in [-0.39, 0.29) is 11.3 Å². The summed E-state index contributed by atoms with van der Waals surface area (Å²) in [6, 6.07) is 13.2. The maximum Gasteiger partial charge on any atom is 0.256 e. The molecule has 1 N–H and O–H groups in total. The van der Waals surface area contributed by atoms with Gasteiger partial charge in [0.2, 0.25) is 0 Å². The van der Waals surface area contributed by atoms with Gasteiger partial charge in [0.05, 0.1) is 17.3 Å². The fourth-order valence-corrected chi connectivity index (χ4v) is 2.97. The van der Waals surface area contributed by atoms with E-state index in [1.807, 2.05) is 12.1 Å². The fourth-order valence-electron chi connectivity index (χ4n) is 2.80. The number of fused-ring (bicyclic) bond motifs is 1. The van der Waals surface area contributed by atoms with Gasteiger partial charge >= 0.3 is 0 Å². The largest absolute Gasteiger partial charge is 0.305 e. The molecule has 1 amide bonds. The van der Waals surface area contributed by atoms with Gasteiger partial charge in [0, 0.05) is 18.2 Å². The minimum absolute atomic E-state index is 0.106. The number of hydrogen-bond acceptors (Lipinski definition) is 3. The van der Waals surface area contributed by atoms with Crippen LogP contribution in [0.3, 0.4) is 0 Å². The number of imidazole rings is 1. The molecule has 132 valence electrons. The average Bonchev–Trinajstić information content (AvgIpc) is 3.01. The first kappa shape index (κ1) is 18.0. The predicted octanol–water partition coefficient (Wildman–Crippen LogP) is 4.82. The lowest BCUT2D eigenvalue weighted by Gasteiger charge is -2.24. The van der Waals surface area contributed by atoms with Crippen LogP contribution in [0.4, 0.5) is 5.82 Å². The van der Waals surface area contributed by atoms with Crippen LogP contribution in [0.5, 0.6) is 0 Å². The molecular formula is C20H19ClN4O. The van der Waals surface area contributed by atoms with Crippen LogP contribution in [0.2, 0.25) is 5.02 Å². The molecule has 0 fully saturated rings. The number of nitriles is 1. The topological polar surface area (TPSA) is 70.2 Å². The molecule has 6 heteroatoms. The van der Waals surface area contributed by atoms with Gasteiger partial charge < -0.3 is 9.72 Å². The number of rotatable bonds is 5. The van der Waals surface area contributed by atoms with Gasteiger partial charge in [-0.3, -0.25) is 4.79 Å². The number of carbonyl (C=O) groups is 1. The number of amides is 1. The van der Waals surface area contributed by atoms with E-state index < -0.39 is 0 Å². The molecule has 0 unspecified atom stereocenters. The Morgan fingerprint density at radius 3 is 2.65 bits per heavy atom. The van der Waals surface area contributed by atoms with Crippen molar-refractivity contribution in [3.63, 3.8) is 0 Å². The maximum atomic E-state index is 12.5. The van der Waals surface area contributed by atoms with Gasteiger partial charge in [-0.25, -0.2) is 4.98 Å². The third kappa shape index (κ3) is 3.87. The van der Waals surface area contributed by atoms with Crippen LogP contribution in [0, 0.1) is 11.3 Å². The molecule has 0 atom stereocenters. The number of halogens is 1. The number of benzene rings is 1. The molecule has 0 spiro atoms. The van der Waals surface area contributed by atoms with Gasteiger partial charge in [-0.2, -0.15) is 5.26 Å². The molecule has 5 nitrogen and oxygen atoms in total. The van der Waals surface area contributed by atoms with Gasteiger partial charge in [-0.1, -0.05) is 37.6 Å². The van der Waals surface area contributed by atoms with Crippen LogP contribution in [-0.4, -0.2) is 15.3 Å². The van der Waals surface area contributed by atoms with Gasteiger partial charge in [-0.05, 0) is 41.7 Å². The molecule has 3 rings (SSSR count). The number of nitrogens with zero attached hydrogens (tertiary/aromatic N) is 3. The van der Waals surface area contributed by atoms with Crippen LogP contribution in [0.1, 0.15) is 42.6 Å². The van der Waals surface area contributed by atoms with Crippen LogP contribution in [0.15, 0.2) is 48.8 Å². The Kier molecular flexibility index (Phi) is 4.97. The minimum Gasteiger partial charge on any atom is -0.305 e. The summed E-state index contributed by atoms with van der Waals surface area (Å²) in [6.07, 6.45) is 4.74. The molecule has 3 aromatic rings. The molecule has 0 radical (unpaired) electrons. The lowest BCUT2D eigenvalue weighted by atomic mass is 9.80. The highest BCUT2D eigenvalue weighted by Gasteiger charge is 2.20. The number of carbonyl (C=O) groups excluding carboxylic acids is 1. The summed E-state index contributed by atoms with van der Waals surface area (Å²) in [5, 5.41) is 12.2. The van der Waals surface area contributed by atoms with Crippen LogP contribution >= 0.6 is 11.6 Å². The zero-order chi connectivity index (χ0) is 18.7. The summed E-state index contributed by atoms with van der Waals surface area (Å²) in [6.45, 7) is 4.20. The molecule has 2 heterocycles. The third-order valence-electron chi connectivity index (χ3n) is 4.45. The highest BCUT2D eigenvalue weighted by Crippen LogP contribution is 2.28. The standard InChI is InChI=1S/C20H19ClN4O/c1-20(2,10-3-11-22)15-6-4-14(5-7-15)19(26)24-17-13-25-12-16(21)8-9-18(25)23-17/h4-9,12-13H,3,10H2,1-2H3,(H,24,26).